The van der Waals surface area contributed by atoms with Crippen molar-refractivity contribution in [3.05, 3.63) is 41.0 Å². The molecular weight excluding hydrogens is 249 g/mol. The van der Waals surface area contributed by atoms with E-state index in [9.17, 15) is 9.18 Å². The lowest BCUT2D eigenvalue weighted by atomic mass is 10.1. The number of aromatic nitrogens is 3. The molecule has 0 radical (unpaired) electrons. The number of nitrogens with zero attached hydrogens (tertiary/aromatic N) is 3. The zero-order chi connectivity index (χ0) is 14.0. The van der Waals surface area contributed by atoms with Crippen LogP contribution in [0.5, 0.6) is 0 Å². The summed E-state index contributed by atoms with van der Waals surface area (Å²) < 4.78 is 14.8. The quantitative estimate of drug-likeness (QED) is 0.919. The fourth-order valence-electron chi connectivity index (χ4n) is 1.98. The van der Waals surface area contributed by atoms with E-state index in [4.69, 9.17) is 5.11 Å². The molecule has 1 aromatic heterocycles. The van der Waals surface area contributed by atoms with Crippen LogP contribution in [0.2, 0.25) is 0 Å². The molecule has 0 saturated heterocycles. The summed E-state index contributed by atoms with van der Waals surface area (Å²) in [6, 6.07) is 4.45. The van der Waals surface area contributed by atoms with Crippen molar-refractivity contribution in [1.82, 2.24) is 15.0 Å². The lowest BCUT2D eigenvalue weighted by molar-refractivity contribution is 0.0689. The van der Waals surface area contributed by atoms with Crippen LogP contribution in [0.3, 0.4) is 0 Å². The first-order chi connectivity index (χ1) is 9.02. The molecule has 0 aliphatic carbocycles. The molecule has 0 aliphatic rings. The molecule has 2 rings (SSSR count). The predicted octanol–water partition coefficient (Wildman–Crippen LogP) is 2.37. The summed E-state index contributed by atoms with van der Waals surface area (Å²) in [5, 5.41) is 16.6. The number of carbonyl (C=O) groups is 1. The number of aromatic carboxylic acids is 1. The standard InChI is InChI=1S/C13H14FN3O2/c1-3-4-11-12(13(18)19)15-16-17(11)10-6-8(2)5-9(14)7-10/h5-7H,3-4H2,1-2H3,(H,18,19). The second kappa shape index (κ2) is 5.17. The summed E-state index contributed by atoms with van der Waals surface area (Å²) in [6.07, 6.45) is 1.27. The van der Waals surface area contributed by atoms with Crippen LogP contribution in [0.1, 0.15) is 35.1 Å². The molecule has 0 saturated carbocycles. The van der Waals surface area contributed by atoms with Crippen molar-refractivity contribution in [1.29, 1.82) is 0 Å². The minimum atomic E-state index is -1.12. The molecule has 0 aliphatic heterocycles. The van der Waals surface area contributed by atoms with Gasteiger partial charge in [-0.2, -0.15) is 0 Å². The second-order valence-electron chi connectivity index (χ2n) is 4.34. The Kier molecular flexibility index (Phi) is 3.59. The SMILES string of the molecule is CCCc1c(C(=O)O)nnn1-c1cc(C)cc(F)c1. The third kappa shape index (κ3) is 2.62. The predicted molar refractivity (Wildman–Crippen MR) is 67.0 cm³/mol. The Bertz CT molecular complexity index is 602. The van der Waals surface area contributed by atoms with E-state index in [0.717, 1.165) is 12.0 Å². The molecule has 0 bridgehead atoms. The van der Waals surface area contributed by atoms with Gasteiger partial charge in [0.1, 0.15) is 5.82 Å². The molecule has 2 aromatic rings. The van der Waals surface area contributed by atoms with Gasteiger partial charge in [0.25, 0.3) is 0 Å². The Morgan fingerprint density at radius 2 is 2.16 bits per heavy atom. The molecule has 1 heterocycles. The lowest BCUT2D eigenvalue weighted by Crippen LogP contribution is -2.07. The maximum absolute atomic E-state index is 13.4. The number of aryl methyl sites for hydroxylation is 1. The normalized spacial score (nSPS) is 10.7. The third-order valence-electron chi connectivity index (χ3n) is 2.72. The average Bonchev–Trinajstić information content (AvgIpc) is 2.72. The van der Waals surface area contributed by atoms with Gasteiger partial charge in [-0.25, -0.2) is 13.9 Å². The summed E-state index contributed by atoms with van der Waals surface area (Å²) >= 11 is 0. The molecule has 0 spiro atoms. The highest BCUT2D eigenvalue weighted by molar-refractivity contribution is 5.86. The van der Waals surface area contributed by atoms with Gasteiger partial charge in [0, 0.05) is 0 Å². The fraction of sp³-hybridized carbons (Fsp3) is 0.308. The van der Waals surface area contributed by atoms with Gasteiger partial charge in [-0.05, 0) is 37.1 Å². The lowest BCUT2D eigenvalue weighted by Gasteiger charge is -2.07. The number of rotatable bonds is 4. The van der Waals surface area contributed by atoms with E-state index in [0.29, 0.717) is 17.8 Å². The van der Waals surface area contributed by atoms with E-state index < -0.39 is 5.97 Å². The van der Waals surface area contributed by atoms with Gasteiger partial charge in [0.05, 0.1) is 11.4 Å². The third-order valence-corrected chi connectivity index (χ3v) is 2.72. The molecule has 1 N–H and O–H groups in total. The number of carboxylic acid groups (broad SMARTS) is 1. The molecule has 0 amide bonds. The molecule has 0 fully saturated rings. The van der Waals surface area contributed by atoms with Crippen molar-refractivity contribution < 1.29 is 14.3 Å². The summed E-state index contributed by atoms with van der Waals surface area (Å²) in [7, 11) is 0. The van der Waals surface area contributed by atoms with Crippen molar-refractivity contribution in [2.24, 2.45) is 0 Å². The first kappa shape index (κ1) is 13.2. The Labute approximate surface area is 109 Å². The molecule has 0 atom stereocenters. The topological polar surface area (TPSA) is 68.0 Å². The van der Waals surface area contributed by atoms with Crippen molar-refractivity contribution in [2.75, 3.05) is 0 Å². The maximum Gasteiger partial charge on any atom is 0.358 e. The van der Waals surface area contributed by atoms with E-state index in [1.54, 1.807) is 13.0 Å². The number of benzene rings is 1. The summed E-state index contributed by atoms with van der Waals surface area (Å²) in [5.41, 5.74) is 1.63. The molecular formula is C13H14FN3O2. The van der Waals surface area contributed by atoms with Crippen LogP contribution in [0.25, 0.3) is 5.69 Å². The second-order valence-corrected chi connectivity index (χ2v) is 4.34. The van der Waals surface area contributed by atoms with Crippen LogP contribution in [-0.4, -0.2) is 26.1 Å². The van der Waals surface area contributed by atoms with Gasteiger partial charge >= 0.3 is 5.97 Å². The number of carboxylic acids is 1. The number of hydrogen-bond donors (Lipinski definition) is 1. The first-order valence-electron chi connectivity index (χ1n) is 5.98. The van der Waals surface area contributed by atoms with Crippen molar-refractivity contribution in [3.63, 3.8) is 0 Å². The summed E-state index contributed by atoms with van der Waals surface area (Å²) in [6.45, 7) is 3.70. The van der Waals surface area contributed by atoms with Crippen LogP contribution in [0, 0.1) is 12.7 Å². The largest absolute Gasteiger partial charge is 0.476 e. The van der Waals surface area contributed by atoms with E-state index in [1.165, 1.54) is 16.8 Å². The van der Waals surface area contributed by atoms with Gasteiger partial charge in [0.2, 0.25) is 0 Å². The van der Waals surface area contributed by atoms with Gasteiger partial charge < -0.3 is 5.11 Å². The minimum Gasteiger partial charge on any atom is -0.476 e. The van der Waals surface area contributed by atoms with Gasteiger partial charge in [0.15, 0.2) is 5.69 Å². The van der Waals surface area contributed by atoms with Gasteiger partial charge in [-0.3, -0.25) is 0 Å². The Morgan fingerprint density at radius 1 is 1.42 bits per heavy atom. The Morgan fingerprint density at radius 3 is 2.74 bits per heavy atom. The monoisotopic (exact) mass is 263 g/mol. The van der Waals surface area contributed by atoms with Gasteiger partial charge in [-0.1, -0.05) is 18.6 Å². The van der Waals surface area contributed by atoms with Crippen molar-refractivity contribution in [3.8, 4) is 5.69 Å². The average molecular weight is 263 g/mol. The van der Waals surface area contributed by atoms with E-state index in [1.807, 2.05) is 6.92 Å². The van der Waals surface area contributed by atoms with Gasteiger partial charge in [-0.15, -0.1) is 5.10 Å². The Balaban J connectivity index is 2.58. The summed E-state index contributed by atoms with van der Waals surface area (Å²) in [4.78, 5) is 11.1. The zero-order valence-electron chi connectivity index (χ0n) is 10.7. The van der Waals surface area contributed by atoms with E-state index >= 15 is 0 Å². The fourth-order valence-corrected chi connectivity index (χ4v) is 1.98. The van der Waals surface area contributed by atoms with Crippen LogP contribution in [-0.2, 0) is 6.42 Å². The highest BCUT2D eigenvalue weighted by Gasteiger charge is 2.19. The van der Waals surface area contributed by atoms with E-state index in [2.05, 4.69) is 10.3 Å². The summed E-state index contributed by atoms with van der Waals surface area (Å²) in [5.74, 6) is -1.51. The molecule has 19 heavy (non-hydrogen) atoms. The van der Waals surface area contributed by atoms with Crippen LogP contribution in [0.4, 0.5) is 4.39 Å². The van der Waals surface area contributed by atoms with Crippen molar-refractivity contribution >= 4 is 5.97 Å². The molecule has 6 heteroatoms. The smallest absolute Gasteiger partial charge is 0.358 e. The maximum atomic E-state index is 13.4. The number of hydrogen-bond acceptors (Lipinski definition) is 3. The minimum absolute atomic E-state index is 0.0798. The number of halogens is 1. The van der Waals surface area contributed by atoms with Crippen LogP contribution >= 0.6 is 0 Å². The van der Waals surface area contributed by atoms with Crippen LogP contribution < -0.4 is 0 Å². The van der Waals surface area contributed by atoms with Crippen LogP contribution in [0.15, 0.2) is 18.2 Å². The zero-order valence-corrected chi connectivity index (χ0v) is 10.7. The molecule has 0 unspecified atom stereocenters. The molecule has 1 aromatic carbocycles. The Hall–Kier alpha value is -2.24. The molecule has 100 valence electrons. The highest BCUT2D eigenvalue weighted by Crippen LogP contribution is 2.17. The first-order valence-corrected chi connectivity index (χ1v) is 5.98. The molecule has 5 nitrogen and oxygen atoms in total. The van der Waals surface area contributed by atoms with Crippen molar-refractivity contribution in [2.45, 2.75) is 26.7 Å². The highest BCUT2D eigenvalue weighted by atomic mass is 19.1. The van der Waals surface area contributed by atoms with E-state index in [-0.39, 0.29) is 11.5 Å².